The molecular weight excluding hydrogens is 456 g/mol. The van der Waals surface area contributed by atoms with Crippen LogP contribution in [0.3, 0.4) is 0 Å². The Morgan fingerprint density at radius 2 is 1.57 bits per heavy atom. The molecule has 0 bridgehead atoms. The van der Waals surface area contributed by atoms with E-state index in [9.17, 15) is 9.59 Å². The van der Waals surface area contributed by atoms with Crippen LogP contribution in [0.4, 0.5) is 10.5 Å². The monoisotopic (exact) mass is 492 g/mol. The van der Waals surface area contributed by atoms with Crippen LogP contribution < -0.4 is 10.6 Å². The van der Waals surface area contributed by atoms with Gasteiger partial charge in [0.25, 0.3) is 0 Å². The maximum atomic E-state index is 11.5. The largest absolute Gasteiger partial charge is 0.444 e. The number of carbonyl (C=O) groups excluding carboxylic acids is 2. The predicted molar refractivity (Wildman–Crippen MR) is 146 cm³/mol. The molecule has 1 atom stereocenters. The lowest BCUT2D eigenvalue weighted by atomic mass is 10.1. The van der Waals surface area contributed by atoms with Gasteiger partial charge in [0.05, 0.1) is 0 Å². The second-order valence-electron chi connectivity index (χ2n) is 9.25. The van der Waals surface area contributed by atoms with Crippen LogP contribution in [-0.4, -0.2) is 24.1 Å². The number of benzene rings is 3. The summed E-state index contributed by atoms with van der Waals surface area (Å²) >= 11 is 1.81. The first-order chi connectivity index (χ1) is 16.7. The van der Waals surface area contributed by atoms with Gasteiger partial charge in [0, 0.05) is 22.4 Å². The number of hydrogen-bond acceptors (Lipinski definition) is 4. The Morgan fingerprint density at radius 3 is 2.11 bits per heavy atom. The number of aryl methyl sites for hydroxylation is 1. The Bertz CT molecular complexity index is 1050. The third-order valence-electron chi connectivity index (χ3n) is 4.79. The summed E-state index contributed by atoms with van der Waals surface area (Å²) in [5.74, 6) is 0.960. The normalized spacial score (nSPS) is 11.5. The van der Waals surface area contributed by atoms with Crippen LogP contribution in [0.25, 0.3) is 0 Å². The van der Waals surface area contributed by atoms with E-state index in [1.165, 1.54) is 21.6 Å². The molecule has 2 amide bonds. The second kappa shape index (κ2) is 14.2. The molecule has 0 spiro atoms. The first kappa shape index (κ1) is 28.0. The maximum Gasteiger partial charge on any atom is 0.407 e. The highest BCUT2D eigenvalue weighted by Gasteiger charge is 2.17. The zero-order valence-corrected chi connectivity index (χ0v) is 22.0. The number of carbonyl (C=O) groups is 2. The van der Waals surface area contributed by atoms with E-state index in [1.54, 1.807) is 0 Å². The molecule has 0 saturated carbocycles. The molecule has 0 fully saturated rings. The molecule has 5 nitrogen and oxygen atoms in total. The maximum absolute atomic E-state index is 11.5. The van der Waals surface area contributed by atoms with Crippen molar-refractivity contribution in [2.75, 3.05) is 5.32 Å². The van der Waals surface area contributed by atoms with Crippen LogP contribution in [0.2, 0.25) is 0 Å². The number of hydrogen-bond donors (Lipinski definition) is 2. The molecule has 3 rings (SSSR count). The average Bonchev–Trinajstić information content (AvgIpc) is 2.79. The standard InChI is InChI=1S/C15H15NOS.C14H21NO2/c1-12-9-14(16-11-17)7-8-15(12)18-10-13-5-3-2-4-6-13;1-11(10-12-8-6-5-7-9-12)15-13(16)17-14(2,3)4/h2-9,11H,10H2,1H3,(H,16,17);5-9,11H,10H2,1-4H3,(H,15,16). The van der Waals surface area contributed by atoms with Gasteiger partial charge in [0.15, 0.2) is 0 Å². The van der Waals surface area contributed by atoms with Gasteiger partial charge in [-0.2, -0.15) is 0 Å². The number of ether oxygens (including phenoxy) is 1. The topological polar surface area (TPSA) is 67.4 Å². The van der Waals surface area contributed by atoms with E-state index in [2.05, 4.69) is 47.9 Å². The summed E-state index contributed by atoms with van der Waals surface area (Å²) in [6.45, 7) is 9.59. The molecule has 1 unspecified atom stereocenters. The fraction of sp³-hybridized carbons (Fsp3) is 0.310. The van der Waals surface area contributed by atoms with Gasteiger partial charge in [0.1, 0.15) is 5.60 Å². The van der Waals surface area contributed by atoms with Crippen LogP contribution in [-0.2, 0) is 21.7 Å². The lowest BCUT2D eigenvalue weighted by Gasteiger charge is -2.22. The van der Waals surface area contributed by atoms with E-state index in [4.69, 9.17) is 4.74 Å². The SMILES string of the molecule is CC(Cc1ccccc1)NC(=O)OC(C)(C)C.Cc1cc(NC=O)ccc1SCc1ccccc1. The van der Waals surface area contributed by atoms with Gasteiger partial charge in [-0.1, -0.05) is 60.7 Å². The summed E-state index contributed by atoms with van der Waals surface area (Å²) in [5.41, 5.74) is 4.10. The third kappa shape index (κ3) is 11.6. The molecule has 35 heavy (non-hydrogen) atoms. The highest BCUT2D eigenvalue weighted by molar-refractivity contribution is 7.98. The van der Waals surface area contributed by atoms with Crippen molar-refractivity contribution in [3.8, 4) is 0 Å². The van der Waals surface area contributed by atoms with Gasteiger partial charge in [-0.3, -0.25) is 4.79 Å². The molecule has 0 aliphatic rings. The van der Waals surface area contributed by atoms with Crippen molar-refractivity contribution in [2.45, 2.75) is 63.3 Å². The van der Waals surface area contributed by atoms with Gasteiger partial charge in [-0.05, 0) is 75.9 Å². The number of amides is 2. The van der Waals surface area contributed by atoms with Crippen LogP contribution in [0.5, 0.6) is 0 Å². The average molecular weight is 493 g/mol. The number of alkyl carbamates (subject to hydrolysis) is 1. The minimum Gasteiger partial charge on any atom is -0.444 e. The highest BCUT2D eigenvalue weighted by atomic mass is 32.2. The van der Waals surface area contributed by atoms with Gasteiger partial charge in [-0.15, -0.1) is 11.8 Å². The van der Waals surface area contributed by atoms with E-state index in [0.29, 0.717) is 6.41 Å². The Hall–Kier alpha value is -3.25. The fourth-order valence-electron chi connectivity index (χ4n) is 3.23. The van der Waals surface area contributed by atoms with Crippen molar-refractivity contribution in [1.82, 2.24) is 5.32 Å². The summed E-state index contributed by atoms with van der Waals surface area (Å²) in [6, 6.07) is 26.5. The van der Waals surface area contributed by atoms with Crippen LogP contribution in [0.15, 0.2) is 83.8 Å². The predicted octanol–water partition coefficient (Wildman–Crippen LogP) is 7.00. The summed E-state index contributed by atoms with van der Waals surface area (Å²) in [4.78, 5) is 23.1. The lowest BCUT2D eigenvalue weighted by Crippen LogP contribution is -2.38. The van der Waals surface area contributed by atoms with Crippen LogP contribution in [0.1, 0.15) is 44.4 Å². The molecule has 0 saturated heterocycles. The minimum absolute atomic E-state index is 0.0623. The zero-order valence-electron chi connectivity index (χ0n) is 21.2. The molecule has 0 aliphatic heterocycles. The summed E-state index contributed by atoms with van der Waals surface area (Å²) in [6.07, 6.45) is 1.15. The summed E-state index contributed by atoms with van der Waals surface area (Å²) < 4.78 is 5.20. The van der Waals surface area contributed by atoms with Gasteiger partial charge < -0.3 is 15.4 Å². The molecule has 0 aliphatic carbocycles. The van der Waals surface area contributed by atoms with Gasteiger partial charge in [-0.25, -0.2) is 4.79 Å². The van der Waals surface area contributed by atoms with Crippen molar-refractivity contribution < 1.29 is 14.3 Å². The molecule has 2 N–H and O–H groups in total. The molecule has 3 aromatic carbocycles. The van der Waals surface area contributed by atoms with E-state index in [0.717, 1.165) is 17.9 Å². The number of anilines is 1. The molecule has 0 radical (unpaired) electrons. The van der Waals surface area contributed by atoms with Crippen molar-refractivity contribution >= 4 is 30.0 Å². The van der Waals surface area contributed by atoms with Crippen molar-refractivity contribution in [3.63, 3.8) is 0 Å². The molecule has 186 valence electrons. The molecule has 3 aromatic rings. The summed E-state index contributed by atoms with van der Waals surface area (Å²) in [7, 11) is 0. The van der Waals surface area contributed by atoms with Crippen LogP contribution >= 0.6 is 11.8 Å². The first-order valence-corrected chi connectivity index (χ1v) is 12.7. The third-order valence-corrected chi connectivity index (χ3v) is 6.03. The smallest absolute Gasteiger partial charge is 0.407 e. The number of thioether (sulfide) groups is 1. The first-order valence-electron chi connectivity index (χ1n) is 11.7. The Labute approximate surface area is 213 Å². The quantitative estimate of drug-likeness (QED) is 0.262. The summed E-state index contributed by atoms with van der Waals surface area (Å²) in [5, 5.41) is 5.48. The zero-order chi connectivity index (χ0) is 25.7. The van der Waals surface area contributed by atoms with E-state index in [1.807, 2.05) is 88.0 Å². The molecular formula is C29H36N2O3S. The molecule has 0 aromatic heterocycles. The Morgan fingerprint density at radius 1 is 0.971 bits per heavy atom. The van der Waals surface area contributed by atoms with Gasteiger partial charge >= 0.3 is 6.09 Å². The lowest BCUT2D eigenvalue weighted by molar-refractivity contribution is -0.105. The second-order valence-corrected chi connectivity index (χ2v) is 10.3. The number of rotatable bonds is 8. The Kier molecular flexibility index (Phi) is 11.4. The number of nitrogens with one attached hydrogen (secondary N) is 2. The molecule has 6 heteroatoms. The molecule has 0 heterocycles. The Balaban J connectivity index is 0.000000247. The van der Waals surface area contributed by atoms with Crippen molar-refractivity contribution in [1.29, 1.82) is 0 Å². The van der Waals surface area contributed by atoms with Gasteiger partial charge in [0.2, 0.25) is 6.41 Å². The fourth-order valence-corrected chi connectivity index (χ4v) is 4.20. The van der Waals surface area contributed by atoms with Crippen LogP contribution in [0, 0.1) is 6.92 Å². The van der Waals surface area contributed by atoms with E-state index in [-0.39, 0.29) is 12.1 Å². The minimum atomic E-state index is -0.448. The van der Waals surface area contributed by atoms with Crippen molar-refractivity contribution in [2.24, 2.45) is 0 Å². The van der Waals surface area contributed by atoms with Crippen molar-refractivity contribution in [3.05, 3.63) is 95.6 Å². The van der Waals surface area contributed by atoms with E-state index < -0.39 is 5.60 Å². The highest BCUT2D eigenvalue weighted by Crippen LogP contribution is 2.27. The van der Waals surface area contributed by atoms with E-state index >= 15 is 0 Å².